The van der Waals surface area contributed by atoms with Gasteiger partial charge in [-0.3, -0.25) is 4.79 Å². The molecule has 3 heterocycles. The van der Waals surface area contributed by atoms with E-state index in [0.717, 1.165) is 55.4 Å². The molecule has 0 radical (unpaired) electrons. The summed E-state index contributed by atoms with van der Waals surface area (Å²) in [5.74, 6) is 4.02. The molecule has 2 atom stereocenters. The molecular weight excluding hydrogens is 286 g/mol. The van der Waals surface area contributed by atoms with Gasteiger partial charge in [0.2, 0.25) is 5.91 Å². The Kier molecular flexibility index (Phi) is 4.91. The van der Waals surface area contributed by atoms with Crippen molar-refractivity contribution in [3.63, 3.8) is 0 Å². The lowest BCUT2D eigenvalue weighted by molar-refractivity contribution is -0.134. The molecule has 2 aliphatic rings. The zero-order chi connectivity index (χ0) is 14.7. The molecule has 0 aliphatic carbocycles. The molecule has 0 bridgehead atoms. The fraction of sp³-hybridized carbons (Fsp3) is 0.688. The van der Waals surface area contributed by atoms with E-state index in [2.05, 4.69) is 0 Å². The van der Waals surface area contributed by atoms with Gasteiger partial charge in [-0.2, -0.15) is 11.8 Å². The third kappa shape index (κ3) is 3.64. The average Bonchev–Trinajstić information content (AvgIpc) is 3.16. The van der Waals surface area contributed by atoms with Gasteiger partial charge in [-0.05, 0) is 38.3 Å². The van der Waals surface area contributed by atoms with Crippen molar-refractivity contribution in [3.05, 3.63) is 23.7 Å². The molecule has 21 heavy (non-hydrogen) atoms. The van der Waals surface area contributed by atoms with E-state index >= 15 is 0 Å². The molecule has 5 heteroatoms. The maximum atomic E-state index is 12.6. The van der Waals surface area contributed by atoms with Crippen molar-refractivity contribution in [3.8, 4) is 0 Å². The molecule has 0 spiro atoms. The highest BCUT2D eigenvalue weighted by Crippen LogP contribution is 2.31. The smallest absolute Gasteiger partial charge is 0.223 e. The van der Waals surface area contributed by atoms with Crippen LogP contribution in [0.1, 0.15) is 43.2 Å². The van der Waals surface area contributed by atoms with Gasteiger partial charge in [0.1, 0.15) is 11.5 Å². The van der Waals surface area contributed by atoms with E-state index in [4.69, 9.17) is 9.15 Å². The minimum absolute atomic E-state index is 0.0921. The van der Waals surface area contributed by atoms with Crippen LogP contribution in [-0.4, -0.2) is 41.6 Å². The Hall–Kier alpha value is -0.940. The summed E-state index contributed by atoms with van der Waals surface area (Å²) in [6, 6.07) is 4.07. The Balaban J connectivity index is 1.61. The largest absolute Gasteiger partial charge is 0.464 e. The van der Waals surface area contributed by atoms with Crippen molar-refractivity contribution in [2.24, 2.45) is 0 Å². The summed E-state index contributed by atoms with van der Waals surface area (Å²) < 4.78 is 11.4. The van der Waals surface area contributed by atoms with Crippen LogP contribution in [0, 0.1) is 6.92 Å². The third-order valence-electron chi connectivity index (χ3n) is 4.24. The van der Waals surface area contributed by atoms with E-state index in [-0.39, 0.29) is 18.1 Å². The van der Waals surface area contributed by atoms with E-state index in [1.165, 1.54) is 0 Å². The summed E-state index contributed by atoms with van der Waals surface area (Å²) in [7, 11) is 0. The molecule has 4 nitrogen and oxygen atoms in total. The van der Waals surface area contributed by atoms with Crippen LogP contribution >= 0.6 is 11.8 Å². The maximum absolute atomic E-state index is 12.6. The van der Waals surface area contributed by atoms with Crippen molar-refractivity contribution in [1.82, 2.24) is 4.90 Å². The lowest BCUT2D eigenvalue weighted by atomic mass is 10.1. The first-order chi connectivity index (χ1) is 10.2. The van der Waals surface area contributed by atoms with Crippen molar-refractivity contribution >= 4 is 17.7 Å². The summed E-state index contributed by atoms with van der Waals surface area (Å²) in [6.07, 6.45) is 3.97. The predicted molar refractivity (Wildman–Crippen MR) is 83.4 cm³/mol. The minimum atomic E-state index is 0.0921. The van der Waals surface area contributed by atoms with Gasteiger partial charge >= 0.3 is 0 Å². The number of hydrogen-bond donors (Lipinski definition) is 0. The highest BCUT2D eigenvalue weighted by atomic mass is 32.2. The summed E-state index contributed by atoms with van der Waals surface area (Å²) in [5, 5.41) is 0. The van der Waals surface area contributed by atoms with Crippen LogP contribution in [0.15, 0.2) is 16.5 Å². The molecule has 1 aromatic heterocycles. The van der Waals surface area contributed by atoms with Crippen LogP contribution in [0.2, 0.25) is 0 Å². The van der Waals surface area contributed by atoms with E-state index in [9.17, 15) is 4.79 Å². The van der Waals surface area contributed by atoms with Crippen molar-refractivity contribution in [2.75, 3.05) is 24.7 Å². The molecule has 1 amide bonds. The second kappa shape index (κ2) is 6.88. The lowest BCUT2D eigenvalue weighted by Crippen LogP contribution is -2.40. The number of furan rings is 1. The van der Waals surface area contributed by atoms with Gasteiger partial charge in [0.25, 0.3) is 0 Å². The Morgan fingerprint density at radius 3 is 3.10 bits per heavy atom. The van der Waals surface area contributed by atoms with Crippen LogP contribution in [0.3, 0.4) is 0 Å². The zero-order valence-electron chi connectivity index (χ0n) is 12.5. The molecule has 3 rings (SSSR count). The van der Waals surface area contributed by atoms with Crippen LogP contribution in [0.4, 0.5) is 0 Å². The van der Waals surface area contributed by atoms with Gasteiger partial charge in [-0.25, -0.2) is 0 Å². The standard InChI is InChI=1S/C16H23NO3S/c1-12-4-6-15(20-12)14-11-21-10-8-17(14)16(18)7-5-13-3-2-9-19-13/h4,6,13-14H,2-3,5,7-11H2,1H3/t13-,14-/m0/s1. The summed E-state index contributed by atoms with van der Waals surface area (Å²) in [6.45, 7) is 3.62. The summed E-state index contributed by atoms with van der Waals surface area (Å²) in [5.41, 5.74) is 0. The second-order valence-electron chi connectivity index (χ2n) is 5.80. The molecule has 0 unspecified atom stereocenters. The number of amides is 1. The van der Waals surface area contributed by atoms with Crippen molar-refractivity contribution < 1.29 is 13.9 Å². The Morgan fingerprint density at radius 2 is 2.38 bits per heavy atom. The normalized spacial score (nSPS) is 26.2. The van der Waals surface area contributed by atoms with E-state index in [1.807, 2.05) is 35.7 Å². The second-order valence-corrected chi connectivity index (χ2v) is 6.95. The van der Waals surface area contributed by atoms with E-state index in [1.54, 1.807) is 0 Å². The Bertz CT molecular complexity index is 482. The van der Waals surface area contributed by atoms with Crippen LogP contribution < -0.4 is 0 Å². The molecule has 1 aromatic rings. The van der Waals surface area contributed by atoms with Gasteiger partial charge in [-0.1, -0.05) is 0 Å². The average molecular weight is 309 g/mol. The number of nitrogens with zero attached hydrogens (tertiary/aromatic N) is 1. The molecule has 0 aromatic carbocycles. The molecule has 116 valence electrons. The number of carbonyl (C=O) groups excluding carboxylic acids is 1. The highest BCUT2D eigenvalue weighted by Gasteiger charge is 2.30. The van der Waals surface area contributed by atoms with E-state index < -0.39 is 0 Å². The number of hydrogen-bond acceptors (Lipinski definition) is 4. The number of thioether (sulfide) groups is 1. The van der Waals surface area contributed by atoms with Gasteiger partial charge in [0, 0.05) is 31.1 Å². The maximum Gasteiger partial charge on any atom is 0.223 e. The molecule has 2 fully saturated rings. The van der Waals surface area contributed by atoms with Gasteiger partial charge in [-0.15, -0.1) is 0 Å². The summed E-state index contributed by atoms with van der Waals surface area (Å²) in [4.78, 5) is 14.6. The molecule has 2 aliphatic heterocycles. The number of ether oxygens (including phenoxy) is 1. The first-order valence-corrected chi connectivity index (χ1v) is 8.94. The first kappa shape index (κ1) is 15.0. The van der Waals surface area contributed by atoms with Gasteiger partial charge in [0.15, 0.2) is 0 Å². The summed E-state index contributed by atoms with van der Waals surface area (Å²) >= 11 is 1.89. The first-order valence-electron chi connectivity index (χ1n) is 7.79. The van der Waals surface area contributed by atoms with Gasteiger partial charge in [0.05, 0.1) is 12.1 Å². The number of aryl methyl sites for hydroxylation is 1. The zero-order valence-corrected chi connectivity index (χ0v) is 13.4. The molecule has 2 saturated heterocycles. The lowest BCUT2D eigenvalue weighted by Gasteiger charge is -2.34. The fourth-order valence-corrected chi connectivity index (χ4v) is 4.13. The predicted octanol–water partition coefficient (Wildman–Crippen LogP) is 3.16. The van der Waals surface area contributed by atoms with Crippen LogP contribution in [0.5, 0.6) is 0 Å². The molecule has 0 N–H and O–H groups in total. The van der Waals surface area contributed by atoms with Crippen molar-refractivity contribution in [1.29, 1.82) is 0 Å². The van der Waals surface area contributed by atoms with Crippen LogP contribution in [-0.2, 0) is 9.53 Å². The topological polar surface area (TPSA) is 42.7 Å². The Labute approximate surface area is 130 Å². The number of carbonyl (C=O) groups is 1. The number of rotatable bonds is 4. The SMILES string of the molecule is Cc1ccc([C@@H]2CSCCN2C(=O)CC[C@@H]2CCCO2)o1. The highest BCUT2D eigenvalue weighted by molar-refractivity contribution is 7.99. The molecule has 0 saturated carbocycles. The minimum Gasteiger partial charge on any atom is -0.464 e. The third-order valence-corrected chi connectivity index (χ3v) is 5.27. The van der Waals surface area contributed by atoms with Crippen molar-refractivity contribution in [2.45, 2.75) is 44.8 Å². The molecular formula is C16H23NO3S. The van der Waals surface area contributed by atoms with Gasteiger partial charge < -0.3 is 14.1 Å². The monoisotopic (exact) mass is 309 g/mol. The fourth-order valence-electron chi connectivity index (χ4n) is 3.07. The Morgan fingerprint density at radius 1 is 1.48 bits per heavy atom. The van der Waals surface area contributed by atoms with E-state index in [0.29, 0.717) is 6.42 Å². The van der Waals surface area contributed by atoms with Crippen LogP contribution in [0.25, 0.3) is 0 Å². The quantitative estimate of drug-likeness (QED) is 0.857.